The molecule has 2 rings (SSSR count). The Morgan fingerprint density at radius 2 is 1.90 bits per heavy atom. The van der Waals surface area contributed by atoms with E-state index in [-0.39, 0.29) is 20.8 Å². The molecular formula is C14H13BrFNO2S. The summed E-state index contributed by atoms with van der Waals surface area (Å²) >= 11 is 3.04. The highest BCUT2D eigenvalue weighted by Crippen LogP contribution is 2.25. The monoisotopic (exact) mass is 357 g/mol. The quantitative estimate of drug-likeness (QED) is 0.855. The highest BCUT2D eigenvalue weighted by molar-refractivity contribution is 9.10. The van der Waals surface area contributed by atoms with Crippen molar-refractivity contribution in [3.05, 3.63) is 57.8 Å². The van der Waals surface area contributed by atoms with E-state index in [1.807, 2.05) is 0 Å². The van der Waals surface area contributed by atoms with Crippen molar-refractivity contribution in [1.82, 2.24) is 0 Å². The van der Waals surface area contributed by atoms with Gasteiger partial charge in [0.05, 0.1) is 20.8 Å². The maximum absolute atomic E-state index is 13.2. The second-order valence-electron chi connectivity index (χ2n) is 4.55. The number of aryl methyl sites for hydroxylation is 1. The first kappa shape index (κ1) is 15.0. The van der Waals surface area contributed by atoms with Crippen molar-refractivity contribution < 1.29 is 12.8 Å². The fourth-order valence-electron chi connectivity index (χ4n) is 1.84. The topological polar surface area (TPSA) is 60.2 Å². The molecule has 0 radical (unpaired) electrons. The molecule has 3 nitrogen and oxygen atoms in total. The molecule has 2 aromatic rings. The lowest BCUT2D eigenvalue weighted by Crippen LogP contribution is -2.08. The van der Waals surface area contributed by atoms with E-state index in [9.17, 15) is 12.8 Å². The van der Waals surface area contributed by atoms with E-state index in [2.05, 4.69) is 15.9 Å². The van der Waals surface area contributed by atoms with Crippen LogP contribution in [0.25, 0.3) is 0 Å². The Balaban J connectivity index is 2.40. The Hall–Kier alpha value is -1.40. The van der Waals surface area contributed by atoms with Crippen LogP contribution in [0.15, 0.2) is 45.8 Å². The Labute approximate surface area is 125 Å². The average molecular weight is 358 g/mol. The SMILES string of the molecule is Cc1ccc(N)c(S(=O)(=O)Cc2ccc(F)c(Br)c2)c1. The van der Waals surface area contributed by atoms with Gasteiger partial charge in [0.15, 0.2) is 9.84 Å². The summed E-state index contributed by atoms with van der Waals surface area (Å²) < 4.78 is 38.2. The minimum atomic E-state index is -3.56. The van der Waals surface area contributed by atoms with Gasteiger partial charge in [-0.05, 0) is 58.2 Å². The van der Waals surface area contributed by atoms with Gasteiger partial charge in [-0.25, -0.2) is 12.8 Å². The van der Waals surface area contributed by atoms with Crippen LogP contribution in [0.3, 0.4) is 0 Å². The smallest absolute Gasteiger partial charge is 0.184 e. The number of rotatable bonds is 3. The number of nitrogens with two attached hydrogens (primary N) is 1. The van der Waals surface area contributed by atoms with E-state index in [1.165, 1.54) is 18.2 Å². The fraction of sp³-hybridized carbons (Fsp3) is 0.143. The molecule has 0 saturated heterocycles. The van der Waals surface area contributed by atoms with Gasteiger partial charge in [-0.15, -0.1) is 0 Å². The first-order valence-electron chi connectivity index (χ1n) is 5.82. The second kappa shape index (κ2) is 5.54. The Morgan fingerprint density at radius 3 is 2.55 bits per heavy atom. The number of benzene rings is 2. The first-order chi connectivity index (χ1) is 9.29. The molecule has 20 heavy (non-hydrogen) atoms. The third kappa shape index (κ3) is 3.19. The van der Waals surface area contributed by atoms with Gasteiger partial charge in [0.2, 0.25) is 0 Å². The number of halogens is 2. The molecule has 0 amide bonds. The lowest BCUT2D eigenvalue weighted by Gasteiger charge is -2.09. The second-order valence-corrected chi connectivity index (χ2v) is 7.36. The molecule has 0 unspecified atom stereocenters. The zero-order chi connectivity index (χ0) is 14.9. The summed E-state index contributed by atoms with van der Waals surface area (Å²) in [4.78, 5) is 0.109. The Kier molecular flexibility index (Phi) is 4.15. The maximum atomic E-state index is 13.2. The maximum Gasteiger partial charge on any atom is 0.184 e. The van der Waals surface area contributed by atoms with E-state index >= 15 is 0 Å². The van der Waals surface area contributed by atoms with Crippen LogP contribution in [0.4, 0.5) is 10.1 Å². The summed E-state index contributed by atoms with van der Waals surface area (Å²) in [6, 6.07) is 9.01. The molecule has 0 aliphatic carbocycles. The summed E-state index contributed by atoms with van der Waals surface area (Å²) in [5.41, 5.74) is 7.27. The molecule has 0 aliphatic rings. The van der Waals surface area contributed by atoms with Crippen LogP contribution in [0.1, 0.15) is 11.1 Å². The number of hydrogen-bond acceptors (Lipinski definition) is 3. The molecule has 6 heteroatoms. The summed E-state index contributed by atoms with van der Waals surface area (Å²) in [5, 5.41) is 0. The largest absolute Gasteiger partial charge is 0.398 e. The summed E-state index contributed by atoms with van der Waals surface area (Å²) in [7, 11) is -3.56. The van der Waals surface area contributed by atoms with Crippen LogP contribution >= 0.6 is 15.9 Å². The molecule has 106 valence electrons. The van der Waals surface area contributed by atoms with Crippen molar-refractivity contribution in [1.29, 1.82) is 0 Å². The van der Waals surface area contributed by atoms with Crippen LogP contribution in [0.5, 0.6) is 0 Å². The van der Waals surface area contributed by atoms with E-state index in [0.29, 0.717) is 5.56 Å². The molecule has 0 spiro atoms. The Bertz CT molecular complexity index is 760. The van der Waals surface area contributed by atoms with Crippen molar-refractivity contribution in [2.75, 3.05) is 5.73 Å². The Morgan fingerprint density at radius 1 is 1.20 bits per heavy atom. The van der Waals surface area contributed by atoms with Crippen LogP contribution in [0.2, 0.25) is 0 Å². The molecule has 0 aromatic heterocycles. The van der Waals surface area contributed by atoms with E-state index in [1.54, 1.807) is 25.1 Å². The average Bonchev–Trinajstić information content (AvgIpc) is 2.36. The minimum absolute atomic E-state index is 0.109. The van der Waals surface area contributed by atoms with Crippen molar-refractivity contribution in [3.63, 3.8) is 0 Å². The van der Waals surface area contributed by atoms with Gasteiger partial charge in [0.1, 0.15) is 5.82 Å². The van der Waals surface area contributed by atoms with Gasteiger partial charge in [0.25, 0.3) is 0 Å². The number of nitrogen functional groups attached to an aromatic ring is 1. The van der Waals surface area contributed by atoms with Crippen LogP contribution in [0, 0.1) is 12.7 Å². The first-order valence-corrected chi connectivity index (χ1v) is 8.27. The van der Waals surface area contributed by atoms with Gasteiger partial charge in [-0.2, -0.15) is 0 Å². The van der Waals surface area contributed by atoms with Gasteiger partial charge >= 0.3 is 0 Å². The zero-order valence-electron chi connectivity index (χ0n) is 10.7. The third-order valence-electron chi connectivity index (χ3n) is 2.84. The third-order valence-corrected chi connectivity index (χ3v) is 5.19. The normalized spacial score (nSPS) is 11.6. The summed E-state index contributed by atoms with van der Waals surface area (Å²) in [6.45, 7) is 1.80. The highest BCUT2D eigenvalue weighted by atomic mass is 79.9. The number of sulfone groups is 1. The fourth-order valence-corrected chi connectivity index (χ4v) is 3.83. The zero-order valence-corrected chi connectivity index (χ0v) is 13.1. The highest BCUT2D eigenvalue weighted by Gasteiger charge is 2.19. The van der Waals surface area contributed by atoms with Gasteiger partial charge in [-0.3, -0.25) is 0 Å². The predicted octanol–water partition coefficient (Wildman–Crippen LogP) is 3.45. The van der Waals surface area contributed by atoms with Crippen molar-refractivity contribution in [2.45, 2.75) is 17.6 Å². The molecule has 0 heterocycles. The molecule has 2 N–H and O–H groups in total. The van der Waals surface area contributed by atoms with Gasteiger partial charge in [-0.1, -0.05) is 12.1 Å². The molecular weight excluding hydrogens is 345 g/mol. The van der Waals surface area contributed by atoms with E-state index in [4.69, 9.17) is 5.73 Å². The summed E-state index contributed by atoms with van der Waals surface area (Å²) in [5.74, 6) is -0.652. The molecule has 0 bridgehead atoms. The molecule has 0 saturated carbocycles. The minimum Gasteiger partial charge on any atom is -0.398 e. The molecule has 0 aliphatic heterocycles. The number of hydrogen-bond donors (Lipinski definition) is 1. The molecule has 0 fully saturated rings. The predicted molar refractivity (Wildman–Crippen MR) is 80.6 cm³/mol. The van der Waals surface area contributed by atoms with Crippen molar-refractivity contribution in [2.24, 2.45) is 0 Å². The van der Waals surface area contributed by atoms with Crippen molar-refractivity contribution >= 4 is 31.5 Å². The summed E-state index contributed by atoms with van der Waals surface area (Å²) in [6.07, 6.45) is 0. The molecule has 0 atom stereocenters. The van der Waals surface area contributed by atoms with E-state index < -0.39 is 15.7 Å². The van der Waals surface area contributed by atoms with Crippen LogP contribution in [-0.2, 0) is 15.6 Å². The van der Waals surface area contributed by atoms with Crippen LogP contribution < -0.4 is 5.73 Å². The lowest BCUT2D eigenvalue weighted by atomic mass is 10.2. The number of anilines is 1. The molecule has 2 aromatic carbocycles. The van der Waals surface area contributed by atoms with E-state index in [0.717, 1.165) is 5.56 Å². The van der Waals surface area contributed by atoms with Crippen molar-refractivity contribution in [3.8, 4) is 0 Å². The van der Waals surface area contributed by atoms with Gasteiger partial charge in [0, 0.05) is 0 Å². The van der Waals surface area contributed by atoms with Crippen LogP contribution in [-0.4, -0.2) is 8.42 Å². The van der Waals surface area contributed by atoms with Gasteiger partial charge < -0.3 is 5.73 Å². The standard InChI is InChI=1S/C14H13BrFNO2S/c1-9-2-5-13(17)14(6-9)20(18,19)8-10-3-4-12(16)11(15)7-10/h2-7H,8,17H2,1H3. The lowest BCUT2D eigenvalue weighted by molar-refractivity contribution is 0.595.